The number of likely N-dealkylation sites (tertiary alicyclic amines) is 1. The Morgan fingerprint density at radius 3 is 2.78 bits per heavy atom. The number of hydrogen-bond acceptors (Lipinski definition) is 2. The van der Waals surface area contributed by atoms with Crippen LogP contribution in [-0.4, -0.2) is 23.9 Å². The quantitative estimate of drug-likeness (QED) is 0.748. The lowest BCUT2D eigenvalue weighted by molar-refractivity contribution is -0.126. The van der Waals surface area contributed by atoms with Gasteiger partial charge in [0.2, 0.25) is 5.91 Å². The first kappa shape index (κ1) is 15.9. The van der Waals surface area contributed by atoms with Gasteiger partial charge in [-0.25, -0.2) is 4.39 Å². The van der Waals surface area contributed by atoms with Gasteiger partial charge in [0.1, 0.15) is 5.82 Å². The van der Waals surface area contributed by atoms with Crippen molar-refractivity contribution in [3.63, 3.8) is 0 Å². The van der Waals surface area contributed by atoms with Gasteiger partial charge >= 0.3 is 0 Å². The van der Waals surface area contributed by atoms with Gasteiger partial charge in [-0.2, -0.15) is 0 Å². The molecule has 1 aromatic carbocycles. The van der Waals surface area contributed by atoms with Crippen molar-refractivity contribution in [2.45, 2.75) is 25.2 Å². The van der Waals surface area contributed by atoms with Crippen molar-refractivity contribution >= 4 is 23.3 Å². The molecule has 0 saturated carbocycles. The van der Waals surface area contributed by atoms with Gasteiger partial charge < -0.3 is 4.90 Å². The van der Waals surface area contributed by atoms with E-state index in [1.807, 2.05) is 40.6 Å². The van der Waals surface area contributed by atoms with E-state index in [4.69, 9.17) is 0 Å². The zero-order valence-corrected chi connectivity index (χ0v) is 13.8. The third-order valence-corrected chi connectivity index (χ3v) is 5.10. The molecule has 0 N–H and O–H groups in total. The van der Waals surface area contributed by atoms with Crippen LogP contribution >= 0.6 is 11.3 Å². The number of benzene rings is 1. The number of rotatable bonds is 3. The highest BCUT2D eigenvalue weighted by Gasteiger charge is 2.22. The van der Waals surface area contributed by atoms with Crippen LogP contribution in [0, 0.1) is 5.82 Å². The number of amides is 1. The highest BCUT2D eigenvalue weighted by atomic mass is 32.1. The second-order valence-electron chi connectivity index (χ2n) is 5.88. The van der Waals surface area contributed by atoms with Gasteiger partial charge in [-0.1, -0.05) is 24.6 Å². The van der Waals surface area contributed by atoms with Crippen molar-refractivity contribution in [1.29, 1.82) is 0 Å². The molecule has 1 aromatic heterocycles. The van der Waals surface area contributed by atoms with Crippen molar-refractivity contribution in [3.8, 4) is 0 Å². The van der Waals surface area contributed by atoms with E-state index in [-0.39, 0.29) is 17.6 Å². The predicted molar refractivity (Wildman–Crippen MR) is 92.9 cm³/mol. The van der Waals surface area contributed by atoms with E-state index in [2.05, 4.69) is 0 Å². The SMILES string of the molecule is O=C(/C=C/c1cccs1)N1CCCC[C@H](c2ccc(F)cc2)C1. The van der Waals surface area contributed by atoms with Gasteiger partial charge in [-0.3, -0.25) is 4.79 Å². The number of hydrogen-bond donors (Lipinski definition) is 0. The number of carbonyl (C=O) groups excluding carboxylic acids is 1. The largest absolute Gasteiger partial charge is 0.339 e. The van der Waals surface area contributed by atoms with Crippen LogP contribution in [-0.2, 0) is 4.79 Å². The molecule has 0 bridgehead atoms. The van der Waals surface area contributed by atoms with Gasteiger partial charge in [0.15, 0.2) is 0 Å². The van der Waals surface area contributed by atoms with E-state index in [0.717, 1.165) is 36.2 Å². The zero-order chi connectivity index (χ0) is 16.1. The standard InChI is InChI=1S/C19H20FNOS/c20-17-8-6-15(7-9-17)16-4-1-2-12-21(14-16)19(22)11-10-18-5-3-13-23-18/h3,5-11,13,16H,1-2,4,12,14H2/b11-10+/t16-/m0/s1. The number of thiophene rings is 1. The zero-order valence-electron chi connectivity index (χ0n) is 13.0. The average Bonchev–Trinajstić information content (AvgIpc) is 2.96. The second kappa shape index (κ2) is 7.55. The third kappa shape index (κ3) is 4.29. The molecule has 1 atom stereocenters. The lowest BCUT2D eigenvalue weighted by atomic mass is 9.94. The van der Waals surface area contributed by atoms with Crippen LogP contribution < -0.4 is 0 Å². The van der Waals surface area contributed by atoms with E-state index in [9.17, 15) is 9.18 Å². The molecule has 4 heteroatoms. The fourth-order valence-electron chi connectivity index (χ4n) is 2.99. The molecule has 1 saturated heterocycles. The van der Waals surface area contributed by atoms with E-state index in [0.29, 0.717) is 6.54 Å². The Bertz CT molecular complexity index is 663. The van der Waals surface area contributed by atoms with Crippen molar-refractivity contribution in [2.24, 2.45) is 0 Å². The van der Waals surface area contributed by atoms with Crippen LogP contribution in [0.3, 0.4) is 0 Å². The molecule has 1 fully saturated rings. The summed E-state index contributed by atoms with van der Waals surface area (Å²) in [6.45, 7) is 1.50. The van der Waals surface area contributed by atoms with Crippen LogP contribution in [0.1, 0.15) is 35.6 Å². The maximum Gasteiger partial charge on any atom is 0.246 e. The maximum atomic E-state index is 13.1. The highest BCUT2D eigenvalue weighted by Crippen LogP contribution is 2.27. The van der Waals surface area contributed by atoms with E-state index >= 15 is 0 Å². The Balaban J connectivity index is 1.69. The summed E-state index contributed by atoms with van der Waals surface area (Å²) in [5.74, 6) is 0.138. The van der Waals surface area contributed by atoms with Crippen LogP contribution in [0.25, 0.3) is 6.08 Å². The molecular weight excluding hydrogens is 309 g/mol. The topological polar surface area (TPSA) is 20.3 Å². The smallest absolute Gasteiger partial charge is 0.246 e. The molecule has 23 heavy (non-hydrogen) atoms. The number of nitrogens with zero attached hydrogens (tertiary/aromatic N) is 1. The Hall–Kier alpha value is -1.94. The Labute approximate surface area is 140 Å². The molecule has 0 unspecified atom stereocenters. The van der Waals surface area contributed by atoms with Crippen molar-refractivity contribution in [1.82, 2.24) is 4.90 Å². The van der Waals surface area contributed by atoms with E-state index < -0.39 is 0 Å². The average molecular weight is 329 g/mol. The van der Waals surface area contributed by atoms with E-state index in [1.165, 1.54) is 12.1 Å². The summed E-state index contributed by atoms with van der Waals surface area (Å²) >= 11 is 1.62. The van der Waals surface area contributed by atoms with Crippen LogP contribution in [0.2, 0.25) is 0 Å². The van der Waals surface area contributed by atoms with Gasteiger partial charge in [-0.15, -0.1) is 11.3 Å². The molecule has 1 amide bonds. The predicted octanol–water partition coefficient (Wildman–Crippen LogP) is 4.70. The summed E-state index contributed by atoms with van der Waals surface area (Å²) in [5, 5.41) is 2.00. The number of halogens is 1. The molecule has 1 aliphatic rings. The lowest BCUT2D eigenvalue weighted by Gasteiger charge is -2.23. The molecule has 1 aliphatic heterocycles. The molecule has 120 valence electrons. The molecule has 0 aliphatic carbocycles. The minimum atomic E-state index is -0.214. The summed E-state index contributed by atoms with van der Waals surface area (Å²) in [6, 6.07) is 10.7. The lowest BCUT2D eigenvalue weighted by Crippen LogP contribution is -2.32. The summed E-state index contributed by atoms with van der Waals surface area (Å²) in [7, 11) is 0. The van der Waals surface area contributed by atoms with Gasteiger partial charge in [0.25, 0.3) is 0 Å². The van der Waals surface area contributed by atoms with Crippen LogP contribution in [0.4, 0.5) is 4.39 Å². The molecule has 0 spiro atoms. The van der Waals surface area contributed by atoms with Crippen molar-refractivity contribution < 1.29 is 9.18 Å². The summed E-state index contributed by atoms with van der Waals surface area (Å²) in [6.07, 6.45) is 6.71. The molecule has 2 aromatic rings. The summed E-state index contributed by atoms with van der Waals surface area (Å²) < 4.78 is 13.1. The van der Waals surface area contributed by atoms with Crippen LogP contribution in [0.5, 0.6) is 0 Å². The molecule has 0 radical (unpaired) electrons. The van der Waals surface area contributed by atoms with Gasteiger partial charge in [-0.05, 0) is 48.1 Å². The fourth-order valence-corrected chi connectivity index (χ4v) is 3.61. The summed E-state index contributed by atoms with van der Waals surface area (Å²) in [5.41, 5.74) is 1.12. The number of carbonyl (C=O) groups is 1. The normalized spacial score (nSPS) is 19.0. The summed E-state index contributed by atoms with van der Waals surface area (Å²) in [4.78, 5) is 15.5. The first-order valence-corrected chi connectivity index (χ1v) is 8.86. The monoisotopic (exact) mass is 329 g/mol. The molecule has 2 heterocycles. The minimum Gasteiger partial charge on any atom is -0.339 e. The fraction of sp³-hybridized carbons (Fsp3) is 0.316. The van der Waals surface area contributed by atoms with Gasteiger partial charge in [0, 0.05) is 30.0 Å². The Morgan fingerprint density at radius 1 is 1.22 bits per heavy atom. The first-order valence-electron chi connectivity index (χ1n) is 7.98. The molecular formula is C19H20FNOS. The molecule has 3 rings (SSSR count). The second-order valence-corrected chi connectivity index (χ2v) is 6.86. The Morgan fingerprint density at radius 2 is 2.04 bits per heavy atom. The Kier molecular flexibility index (Phi) is 5.23. The minimum absolute atomic E-state index is 0.0624. The third-order valence-electron chi connectivity index (χ3n) is 4.26. The van der Waals surface area contributed by atoms with Crippen LogP contribution in [0.15, 0.2) is 47.9 Å². The maximum absolute atomic E-state index is 13.1. The molecule has 2 nitrogen and oxygen atoms in total. The first-order chi connectivity index (χ1) is 11.2. The van der Waals surface area contributed by atoms with Crippen molar-refractivity contribution in [3.05, 3.63) is 64.1 Å². The van der Waals surface area contributed by atoms with Crippen molar-refractivity contribution in [2.75, 3.05) is 13.1 Å². The van der Waals surface area contributed by atoms with Gasteiger partial charge in [0.05, 0.1) is 0 Å². The highest BCUT2D eigenvalue weighted by molar-refractivity contribution is 7.10. The van der Waals surface area contributed by atoms with E-state index in [1.54, 1.807) is 17.4 Å².